The fraction of sp³-hybridized carbons (Fsp3) is 0.818. The summed E-state index contributed by atoms with van der Waals surface area (Å²) in [6, 6.07) is -0.0996. The molecule has 0 heterocycles. The minimum Gasteiger partial charge on any atom is -0.368 e. The Kier molecular flexibility index (Phi) is 3.91. The van der Waals surface area contributed by atoms with E-state index in [0.717, 1.165) is 25.7 Å². The maximum absolute atomic E-state index is 11.9. The molecule has 5 N–H and O–H groups in total. The summed E-state index contributed by atoms with van der Waals surface area (Å²) in [7, 11) is 0. The molecule has 16 heavy (non-hydrogen) atoms. The third kappa shape index (κ3) is 2.95. The van der Waals surface area contributed by atoms with Crippen molar-refractivity contribution in [2.24, 2.45) is 17.4 Å². The first-order valence-electron chi connectivity index (χ1n) is 5.72. The Morgan fingerprint density at radius 3 is 2.31 bits per heavy atom. The highest BCUT2D eigenvalue weighted by molar-refractivity contribution is 5.90. The fourth-order valence-electron chi connectivity index (χ4n) is 1.95. The van der Waals surface area contributed by atoms with E-state index >= 15 is 0 Å². The number of hydrogen-bond donors (Lipinski definition) is 3. The van der Waals surface area contributed by atoms with Gasteiger partial charge in [0.1, 0.15) is 5.54 Å². The van der Waals surface area contributed by atoms with Gasteiger partial charge in [0.15, 0.2) is 0 Å². The molecular weight excluding hydrogens is 206 g/mol. The van der Waals surface area contributed by atoms with Crippen LogP contribution in [0.15, 0.2) is 0 Å². The zero-order chi connectivity index (χ0) is 12.3. The molecule has 0 aliphatic heterocycles. The van der Waals surface area contributed by atoms with E-state index < -0.39 is 11.4 Å². The minimum atomic E-state index is -1.01. The summed E-state index contributed by atoms with van der Waals surface area (Å²) < 4.78 is 0. The van der Waals surface area contributed by atoms with Gasteiger partial charge in [0.25, 0.3) is 0 Å². The van der Waals surface area contributed by atoms with Crippen LogP contribution in [-0.4, -0.2) is 23.4 Å². The van der Waals surface area contributed by atoms with Crippen molar-refractivity contribution in [1.82, 2.24) is 5.32 Å². The molecule has 0 spiro atoms. The molecule has 1 saturated carbocycles. The van der Waals surface area contributed by atoms with Crippen LogP contribution in [0.3, 0.4) is 0 Å². The second-order valence-corrected chi connectivity index (χ2v) is 5.03. The lowest BCUT2D eigenvalue weighted by atomic mass is 9.84. The molecule has 92 valence electrons. The molecule has 1 fully saturated rings. The molecule has 0 aromatic rings. The van der Waals surface area contributed by atoms with Gasteiger partial charge >= 0.3 is 0 Å². The van der Waals surface area contributed by atoms with Crippen LogP contribution in [0.25, 0.3) is 0 Å². The molecule has 2 atom stereocenters. The van der Waals surface area contributed by atoms with E-state index in [2.05, 4.69) is 5.32 Å². The summed E-state index contributed by atoms with van der Waals surface area (Å²) in [6.45, 7) is 3.20. The molecule has 2 unspecified atom stereocenters. The Balaban J connectivity index is 2.61. The maximum Gasteiger partial charge on any atom is 0.242 e. The van der Waals surface area contributed by atoms with Crippen molar-refractivity contribution in [1.29, 1.82) is 0 Å². The van der Waals surface area contributed by atoms with Crippen molar-refractivity contribution in [3.8, 4) is 0 Å². The van der Waals surface area contributed by atoms with Crippen molar-refractivity contribution in [2.75, 3.05) is 0 Å². The van der Waals surface area contributed by atoms with Crippen LogP contribution in [0.2, 0.25) is 0 Å². The lowest BCUT2D eigenvalue weighted by Crippen LogP contribution is -2.56. The van der Waals surface area contributed by atoms with E-state index in [1.54, 1.807) is 13.8 Å². The van der Waals surface area contributed by atoms with Gasteiger partial charge in [0, 0.05) is 6.04 Å². The molecule has 2 amide bonds. The second kappa shape index (κ2) is 4.82. The number of rotatable bonds is 3. The van der Waals surface area contributed by atoms with Crippen molar-refractivity contribution in [3.63, 3.8) is 0 Å². The number of nitrogens with one attached hydrogen (secondary N) is 1. The number of nitrogens with two attached hydrogens (primary N) is 2. The Morgan fingerprint density at radius 1 is 1.25 bits per heavy atom. The first kappa shape index (κ1) is 13.0. The van der Waals surface area contributed by atoms with Gasteiger partial charge in [-0.25, -0.2) is 0 Å². The van der Waals surface area contributed by atoms with Gasteiger partial charge in [-0.15, -0.1) is 0 Å². The monoisotopic (exact) mass is 227 g/mol. The Bertz CT molecular complexity index is 289. The number of hydrogen-bond acceptors (Lipinski definition) is 3. The normalized spacial score (nSPS) is 26.2. The zero-order valence-electron chi connectivity index (χ0n) is 9.95. The van der Waals surface area contributed by atoms with Crippen LogP contribution in [0, 0.1) is 5.92 Å². The SMILES string of the molecule is CC(C)(NC(=O)C1CCCCC1N)C(N)=O. The number of carbonyl (C=O) groups is 2. The molecular formula is C11H21N3O2. The average molecular weight is 227 g/mol. The van der Waals surface area contributed by atoms with E-state index in [-0.39, 0.29) is 17.9 Å². The summed E-state index contributed by atoms with van der Waals surface area (Å²) in [5.41, 5.74) is 10.1. The standard InChI is InChI=1S/C11H21N3O2/c1-11(2,10(13)16)14-9(15)7-5-3-4-6-8(7)12/h7-8H,3-6,12H2,1-2H3,(H2,13,16)(H,14,15). The predicted molar refractivity (Wildman–Crippen MR) is 61.3 cm³/mol. The van der Waals surface area contributed by atoms with E-state index in [1.165, 1.54) is 0 Å². The van der Waals surface area contributed by atoms with E-state index in [4.69, 9.17) is 11.5 Å². The van der Waals surface area contributed by atoms with Crippen molar-refractivity contribution >= 4 is 11.8 Å². The topological polar surface area (TPSA) is 98.2 Å². The van der Waals surface area contributed by atoms with Crippen LogP contribution >= 0.6 is 0 Å². The largest absolute Gasteiger partial charge is 0.368 e. The number of primary amides is 1. The number of amides is 2. The fourth-order valence-corrected chi connectivity index (χ4v) is 1.95. The molecule has 5 nitrogen and oxygen atoms in total. The summed E-state index contributed by atoms with van der Waals surface area (Å²) >= 11 is 0. The molecule has 5 heteroatoms. The first-order valence-corrected chi connectivity index (χ1v) is 5.72. The zero-order valence-corrected chi connectivity index (χ0v) is 9.95. The molecule has 1 aliphatic rings. The van der Waals surface area contributed by atoms with Gasteiger partial charge < -0.3 is 16.8 Å². The third-order valence-electron chi connectivity index (χ3n) is 3.21. The van der Waals surface area contributed by atoms with Gasteiger partial charge in [-0.3, -0.25) is 9.59 Å². The van der Waals surface area contributed by atoms with Gasteiger partial charge in [0.05, 0.1) is 5.92 Å². The second-order valence-electron chi connectivity index (χ2n) is 5.03. The molecule has 0 saturated heterocycles. The summed E-state index contributed by atoms with van der Waals surface area (Å²) in [6.07, 6.45) is 3.75. The van der Waals surface area contributed by atoms with Gasteiger partial charge in [-0.05, 0) is 26.7 Å². The smallest absolute Gasteiger partial charge is 0.242 e. The van der Waals surface area contributed by atoms with Crippen molar-refractivity contribution in [2.45, 2.75) is 51.1 Å². The Hall–Kier alpha value is -1.10. The molecule has 1 rings (SSSR count). The van der Waals surface area contributed by atoms with Crippen LogP contribution in [0.1, 0.15) is 39.5 Å². The Morgan fingerprint density at radius 2 is 1.81 bits per heavy atom. The van der Waals surface area contributed by atoms with Gasteiger partial charge in [-0.2, -0.15) is 0 Å². The van der Waals surface area contributed by atoms with Crippen LogP contribution in [0.4, 0.5) is 0 Å². The molecule has 0 bridgehead atoms. The lowest BCUT2D eigenvalue weighted by Gasteiger charge is -2.31. The lowest BCUT2D eigenvalue weighted by molar-refractivity contribution is -0.133. The third-order valence-corrected chi connectivity index (χ3v) is 3.21. The first-order chi connectivity index (χ1) is 7.34. The van der Waals surface area contributed by atoms with Crippen LogP contribution < -0.4 is 16.8 Å². The number of carbonyl (C=O) groups excluding carboxylic acids is 2. The van der Waals surface area contributed by atoms with Crippen LogP contribution in [0.5, 0.6) is 0 Å². The van der Waals surface area contributed by atoms with E-state index in [9.17, 15) is 9.59 Å². The summed E-state index contributed by atoms with van der Waals surface area (Å²) in [4.78, 5) is 23.0. The molecule has 0 radical (unpaired) electrons. The minimum absolute atomic E-state index is 0.0996. The van der Waals surface area contributed by atoms with Crippen LogP contribution in [-0.2, 0) is 9.59 Å². The highest BCUT2D eigenvalue weighted by atomic mass is 16.2. The van der Waals surface area contributed by atoms with E-state index in [0.29, 0.717) is 0 Å². The quantitative estimate of drug-likeness (QED) is 0.627. The van der Waals surface area contributed by atoms with E-state index in [1.807, 2.05) is 0 Å². The molecule has 0 aromatic heterocycles. The average Bonchev–Trinajstić information content (AvgIpc) is 2.17. The summed E-state index contributed by atoms with van der Waals surface area (Å²) in [5.74, 6) is -0.881. The van der Waals surface area contributed by atoms with Gasteiger partial charge in [0.2, 0.25) is 11.8 Å². The van der Waals surface area contributed by atoms with Crippen molar-refractivity contribution < 1.29 is 9.59 Å². The molecule has 1 aliphatic carbocycles. The van der Waals surface area contributed by atoms with Crippen molar-refractivity contribution in [3.05, 3.63) is 0 Å². The molecule has 0 aromatic carbocycles. The predicted octanol–water partition coefficient (Wildman–Crippen LogP) is -0.116. The Labute approximate surface area is 95.9 Å². The maximum atomic E-state index is 11.9. The highest BCUT2D eigenvalue weighted by Gasteiger charge is 2.33. The highest BCUT2D eigenvalue weighted by Crippen LogP contribution is 2.23. The van der Waals surface area contributed by atoms with Gasteiger partial charge in [-0.1, -0.05) is 12.8 Å². The summed E-state index contributed by atoms with van der Waals surface area (Å²) in [5, 5.41) is 2.66.